The number of hydrogen-bond donors (Lipinski definition) is 3. The van der Waals surface area contributed by atoms with E-state index in [1.54, 1.807) is 13.8 Å². The lowest BCUT2D eigenvalue weighted by atomic mass is 10.1. The highest BCUT2D eigenvalue weighted by atomic mass is 32.1. The highest BCUT2D eigenvalue weighted by molar-refractivity contribution is 7.22. The van der Waals surface area contributed by atoms with Gasteiger partial charge in [-0.1, -0.05) is 11.3 Å². The minimum Gasteiger partial charge on any atom is -0.394 e. The lowest BCUT2D eigenvalue weighted by molar-refractivity contribution is -0.384. The molecule has 0 spiro atoms. The average molecular weight is 310 g/mol. The molecule has 0 atom stereocenters. The molecule has 21 heavy (non-hydrogen) atoms. The second-order valence-corrected chi connectivity index (χ2v) is 6.08. The molecule has 3 N–H and O–H groups in total. The molecule has 0 fully saturated rings. The van der Waals surface area contributed by atoms with Crippen LogP contribution in [-0.4, -0.2) is 33.2 Å². The molecule has 1 heterocycles. The van der Waals surface area contributed by atoms with E-state index < -0.39 is 16.5 Å². The third-order valence-corrected chi connectivity index (χ3v) is 3.58. The van der Waals surface area contributed by atoms with Gasteiger partial charge in [-0.25, -0.2) is 9.78 Å². The van der Waals surface area contributed by atoms with Gasteiger partial charge in [0.1, 0.15) is 0 Å². The summed E-state index contributed by atoms with van der Waals surface area (Å²) in [5.74, 6) is 0. The number of nitro groups is 1. The van der Waals surface area contributed by atoms with Crippen molar-refractivity contribution in [2.45, 2.75) is 19.4 Å². The van der Waals surface area contributed by atoms with E-state index in [1.807, 2.05) is 0 Å². The number of urea groups is 1. The zero-order chi connectivity index (χ0) is 15.6. The fraction of sp³-hybridized carbons (Fsp3) is 0.333. The third kappa shape index (κ3) is 3.64. The molecule has 0 aliphatic heterocycles. The summed E-state index contributed by atoms with van der Waals surface area (Å²) in [5, 5.41) is 25.3. The van der Waals surface area contributed by atoms with Crippen molar-refractivity contribution in [2.75, 3.05) is 11.9 Å². The highest BCUT2D eigenvalue weighted by Crippen LogP contribution is 2.29. The molecule has 0 aliphatic carbocycles. The third-order valence-electron chi connectivity index (χ3n) is 2.65. The smallest absolute Gasteiger partial charge is 0.321 e. The molecule has 0 unspecified atom stereocenters. The van der Waals surface area contributed by atoms with E-state index in [-0.39, 0.29) is 12.3 Å². The Morgan fingerprint density at radius 3 is 2.86 bits per heavy atom. The largest absolute Gasteiger partial charge is 0.394 e. The molecule has 8 nitrogen and oxygen atoms in total. The van der Waals surface area contributed by atoms with Crippen molar-refractivity contribution in [1.29, 1.82) is 0 Å². The first-order valence-electron chi connectivity index (χ1n) is 6.06. The molecule has 0 aliphatic rings. The normalized spacial score (nSPS) is 11.4. The second kappa shape index (κ2) is 5.62. The maximum Gasteiger partial charge on any atom is 0.321 e. The number of carbonyl (C=O) groups is 1. The zero-order valence-corrected chi connectivity index (χ0v) is 12.2. The first kappa shape index (κ1) is 15.1. The second-order valence-electron chi connectivity index (χ2n) is 5.05. The van der Waals surface area contributed by atoms with Gasteiger partial charge in [-0.15, -0.1) is 0 Å². The number of fused-ring (bicyclic) bond motifs is 1. The van der Waals surface area contributed by atoms with Gasteiger partial charge < -0.3 is 10.4 Å². The number of aliphatic hydroxyl groups excluding tert-OH is 1. The van der Waals surface area contributed by atoms with Crippen LogP contribution in [0.5, 0.6) is 0 Å². The van der Waals surface area contributed by atoms with E-state index in [0.717, 1.165) is 11.3 Å². The van der Waals surface area contributed by atoms with E-state index in [0.29, 0.717) is 15.3 Å². The van der Waals surface area contributed by atoms with Crippen LogP contribution in [0.2, 0.25) is 0 Å². The van der Waals surface area contributed by atoms with E-state index in [4.69, 9.17) is 5.11 Å². The Morgan fingerprint density at radius 1 is 1.52 bits per heavy atom. The Labute approximate surface area is 124 Å². The summed E-state index contributed by atoms with van der Waals surface area (Å²) < 4.78 is 0.612. The first-order chi connectivity index (χ1) is 9.80. The number of benzene rings is 1. The number of rotatable bonds is 4. The van der Waals surface area contributed by atoms with Gasteiger partial charge in [0.2, 0.25) is 0 Å². The van der Waals surface area contributed by atoms with Crippen LogP contribution in [0.25, 0.3) is 10.2 Å². The van der Waals surface area contributed by atoms with Crippen molar-refractivity contribution in [3.8, 4) is 0 Å². The number of nitrogens with one attached hydrogen (secondary N) is 2. The summed E-state index contributed by atoms with van der Waals surface area (Å²) in [6, 6.07) is 3.81. The number of aromatic nitrogens is 1. The maximum absolute atomic E-state index is 11.8. The fourth-order valence-electron chi connectivity index (χ4n) is 1.56. The summed E-state index contributed by atoms with van der Waals surface area (Å²) in [5.41, 5.74) is -0.203. The van der Waals surface area contributed by atoms with Crippen molar-refractivity contribution in [3.05, 3.63) is 28.3 Å². The van der Waals surface area contributed by atoms with Crippen molar-refractivity contribution in [3.63, 3.8) is 0 Å². The molecule has 2 rings (SSSR count). The van der Waals surface area contributed by atoms with Gasteiger partial charge in [0.15, 0.2) is 5.13 Å². The van der Waals surface area contributed by atoms with E-state index in [9.17, 15) is 14.9 Å². The standard InChI is InChI=1S/C12H14N4O4S/c1-12(2,6-17)15-10(18)14-11-13-8-4-3-7(16(19)20)5-9(8)21-11/h3-5,17H,6H2,1-2H3,(H2,13,14,15,18). The average Bonchev–Trinajstić information content (AvgIpc) is 2.78. The Hall–Kier alpha value is -2.26. The molecule has 9 heteroatoms. The van der Waals surface area contributed by atoms with Gasteiger partial charge in [0, 0.05) is 12.1 Å². The van der Waals surface area contributed by atoms with Crippen LogP contribution in [0.3, 0.4) is 0 Å². The van der Waals surface area contributed by atoms with Gasteiger partial charge in [-0.2, -0.15) is 0 Å². The van der Waals surface area contributed by atoms with Crippen molar-refractivity contribution < 1.29 is 14.8 Å². The number of hydrogen-bond acceptors (Lipinski definition) is 6. The number of carbonyl (C=O) groups excluding carboxylic acids is 1. The Bertz CT molecular complexity index is 698. The number of anilines is 1. The van der Waals surface area contributed by atoms with Gasteiger partial charge >= 0.3 is 6.03 Å². The van der Waals surface area contributed by atoms with Crippen LogP contribution < -0.4 is 10.6 Å². The molecule has 0 bridgehead atoms. The molecule has 0 radical (unpaired) electrons. The van der Waals surface area contributed by atoms with Crippen LogP contribution in [0.1, 0.15) is 13.8 Å². The number of amides is 2. The number of thiazole rings is 1. The lowest BCUT2D eigenvalue weighted by Gasteiger charge is -2.22. The summed E-state index contributed by atoms with van der Waals surface area (Å²) in [4.78, 5) is 26.2. The SMILES string of the molecule is CC(C)(CO)NC(=O)Nc1nc2ccc([N+](=O)[O-])cc2s1. The monoisotopic (exact) mass is 310 g/mol. The van der Waals surface area contributed by atoms with Gasteiger partial charge in [0.25, 0.3) is 5.69 Å². The molecule has 112 valence electrons. The number of aliphatic hydroxyl groups is 1. The summed E-state index contributed by atoms with van der Waals surface area (Å²) in [6.07, 6.45) is 0. The number of non-ortho nitro benzene ring substituents is 1. The van der Waals surface area contributed by atoms with Gasteiger partial charge in [-0.3, -0.25) is 15.4 Å². The fourth-order valence-corrected chi connectivity index (χ4v) is 2.45. The minimum absolute atomic E-state index is 0.0245. The van der Waals surface area contributed by atoms with Crippen LogP contribution in [0, 0.1) is 10.1 Å². The predicted octanol–water partition coefficient (Wildman–Crippen LogP) is 2.10. The Kier molecular flexibility index (Phi) is 4.05. The molecule has 2 amide bonds. The van der Waals surface area contributed by atoms with E-state index in [1.165, 1.54) is 18.2 Å². The maximum atomic E-state index is 11.8. The molecule has 0 saturated carbocycles. The summed E-state index contributed by atoms with van der Waals surface area (Å²) in [6.45, 7) is 3.15. The highest BCUT2D eigenvalue weighted by Gasteiger charge is 2.20. The predicted molar refractivity (Wildman–Crippen MR) is 79.6 cm³/mol. The van der Waals surface area contributed by atoms with Crippen LogP contribution >= 0.6 is 11.3 Å². The molecule has 1 aromatic heterocycles. The van der Waals surface area contributed by atoms with Crippen molar-refractivity contribution in [1.82, 2.24) is 10.3 Å². The topological polar surface area (TPSA) is 117 Å². The molecular weight excluding hydrogens is 296 g/mol. The first-order valence-corrected chi connectivity index (χ1v) is 6.87. The van der Waals surface area contributed by atoms with E-state index in [2.05, 4.69) is 15.6 Å². The van der Waals surface area contributed by atoms with Crippen molar-refractivity contribution >= 4 is 38.4 Å². The van der Waals surface area contributed by atoms with Gasteiger partial charge in [0.05, 0.1) is 27.3 Å². The quantitative estimate of drug-likeness (QED) is 0.590. The summed E-state index contributed by atoms with van der Waals surface area (Å²) >= 11 is 1.14. The summed E-state index contributed by atoms with van der Waals surface area (Å²) in [7, 11) is 0. The van der Waals surface area contributed by atoms with Crippen LogP contribution in [-0.2, 0) is 0 Å². The van der Waals surface area contributed by atoms with Crippen LogP contribution in [0.4, 0.5) is 15.6 Å². The zero-order valence-electron chi connectivity index (χ0n) is 11.4. The molecule has 1 aromatic carbocycles. The van der Waals surface area contributed by atoms with Crippen molar-refractivity contribution in [2.24, 2.45) is 0 Å². The molecule has 0 saturated heterocycles. The molecular formula is C12H14N4O4S. The number of nitrogens with zero attached hydrogens (tertiary/aromatic N) is 2. The Balaban J connectivity index is 2.16. The molecule has 2 aromatic rings. The van der Waals surface area contributed by atoms with E-state index >= 15 is 0 Å². The van der Waals surface area contributed by atoms with Gasteiger partial charge in [-0.05, 0) is 19.9 Å². The lowest BCUT2D eigenvalue weighted by Crippen LogP contribution is -2.48. The number of nitro benzene ring substituents is 1. The Morgan fingerprint density at radius 2 is 2.24 bits per heavy atom. The minimum atomic E-state index is -0.750. The van der Waals surface area contributed by atoms with Crippen LogP contribution in [0.15, 0.2) is 18.2 Å².